The molecule has 4 aromatic heterocycles. The number of furan rings is 1. The zero-order valence-corrected chi connectivity index (χ0v) is 28.3. The number of rotatable bonds is 5. The smallest absolute Gasteiger partial charge is 0.299 e. The Balaban J connectivity index is 1.49. The summed E-state index contributed by atoms with van der Waals surface area (Å²) in [5, 5.41) is 3.11. The van der Waals surface area contributed by atoms with Crippen LogP contribution in [0.5, 0.6) is 0 Å². The number of imidazole rings is 1. The lowest BCUT2D eigenvalue weighted by Crippen LogP contribution is -2.30. The van der Waals surface area contributed by atoms with Gasteiger partial charge in [-0.15, -0.1) is 0 Å². The molecule has 0 spiro atoms. The number of benzene rings is 4. The van der Waals surface area contributed by atoms with Crippen LogP contribution in [0.4, 0.5) is 0 Å². The molecule has 0 bridgehead atoms. The Hall–Kier alpha value is -5.23. The van der Waals surface area contributed by atoms with E-state index >= 15 is 0 Å². The minimum absolute atomic E-state index is 0.342. The van der Waals surface area contributed by atoms with Crippen molar-refractivity contribution in [3.63, 3.8) is 0 Å². The lowest BCUT2D eigenvalue weighted by Gasteiger charge is -2.18. The fourth-order valence-corrected chi connectivity index (χ4v) is 7.15. The third-order valence-corrected chi connectivity index (χ3v) is 9.73. The molecule has 4 aromatic carbocycles. The first-order chi connectivity index (χ1) is 22.6. The van der Waals surface area contributed by atoms with Crippen LogP contribution in [0.1, 0.15) is 67.7 Å². The summed E-state index contributed by atoms with van der Waals surface area (Å²) in [6.45, 7) is 15.2. The molecular weight excluding hydrogens is 580 g/mol. The van der Waals surface area contributed by atoms with Crippen LogP contribution < -0.4 is 4.57 Å². The number of para-hydroxylation sites is 3. The van der Waals surface area contributed by atoms with Gasteiger partial charge in [-0.05, 0) is 62.4 Å². The molecule has 0 aliphatic heterocycles. The fraction of sp³-hybridized carbons (Fsp3) is 0.244. The SMILES string of the molecule is Cc1ccc2c(oc3c2ccc2ccc(-c4nc(C)c(C)o4)nc23)c1-c1n(-c2c(C(C)C)cccc2C(C)C)c2ccccc2[n+]1C. The van der Waals surface area contributed by atoms with E-state index in [-0.39, 0.29) is 0 Å². The third kappa shape index (κ3) is 4.34. The Labute approximate surface area is 274 Å². The summed E-state index contributed by atoms with van der Waals surface area (Å²) >= 11 is 0. The fourth-order valence-electron chi connectivity index (χ4n) is 7.15. The van der Waals surface area contributed by atoms with Crippen LogP contribution in [-0.2, 0) is 7.05 Å². The molecule has 0 atom stereocenters. The van der Waals surface area contributed by atoms with Gasteiger partial charge in [-0.3, -0.25) is 0 Å². The van der Waals surface area contributed by atoms with Crippen LogP contribution in [-0.4, -0.2) is 14.5 Å². The van der Waals surface area contributed by atoms with Gasteiger partial charge >= 0.3 is 0 Å². The van der Waals surface area contributed by atoms with Crippen LogP contribution in [0, 0.1) is 20.8 Å². The van der Waals surface area contributed by atoms with Gasteiger partial charge in [0, 0.05) is 27.3 Å². The van der Waals surface area contributed by atoms with Crippen molar-refractivity contribution < 1.29 is 13.4 Å². The standard InChI is InChI=1S/C41H39N4O2/c1-22(2)28-12-11-13-29(23(3)4)37(28)45-34-15-10-9-14-33(34)44(8)41(45)35-24(5)16-19-30-31-20-17-27-18-21-32(40-42-25(6)26(7)46-40)43-36(27)39(31)47-38(30)35/h9-23H,1-8H3/q+1. The average Bonchev–Trinajstić information content (AvgIpc) is 3.71. The molecule has 0 saturated carbocycles. The molecule has 234 valence electrons. The first-order valence-electron chi connectivity index (χ1n) is 16.5. The van der Waals surface area contributed by atoms with Crippen LogP contribution in [0.15, 0.2) is 87.7 Å². The maximum atomic E-state index is 7.01. The average molecular weight is 620 g/mol. The Morgan fingerprint density at radius 1 is 0.702 bits per heavy atom. The molecule has 0 aliphatic carbocycles. The second-order valence-corrected chi connectivity index (χ2v) is 13.4. The van der Waals surface area contributed by atoms with Gasteiger partial charge < -0.3 is 8.83 Å². The zero-order valence-electron chi connectivity index (χ0n) is 28.3. The third-order valence-electron chi connectivity index (χ3n) is 9.73. The van der Waals surface area contributed by atoms with Crippen molar-refractivity contribution >= 4 is 43.9 Å². The summed E-state index contributed by atoms with van der Waals surface area (Å²) in [7, 11) is 2.17. The van der Waals surface area contributed by atoms with E-state index in [9.17, 15) is 0 Å². The summed E-state index contributed by atoms with van der Waals surface area (Å²) in [5.41, 5.74) is 12.4. The Bertz CT molecular complexity index is 2480. The quantitative estimate of drug-likeness (QED) is 0.180. The van der Waals surface area contributed by atoms with Gasteiger partial charge in [0.2, 0.25) is 5.89 Å². The zero-order chi connectivity index (χ0) is 32.7. The Morgan fingerprint density at radius 2 is 1.38 bits per heavy atom. The predicted octanol–water partition coefficient (Wildman–Crippen LogP) is 10.4. The molecule has 6 heteroatoms. The van der Waals surface area contributed by atoms with E-state index < -0.39 is 0 Å². The summed E-state index contributed by atoms with van der Waals surface area (Å²) in [6.07, 6.45) is 0. The van der Waals surface area contributed by atoms with E-state index in [2.05, 4.69) is 129 Å². The highest BCUT2D eigenvalue weighted by molar-refractivity contribution is 6.16. The Kier molecular flexibility index (Phi) is 6.62. The number of hydrogen-bond acceptors (Lipinski definition) is 4. The summed E-state index contributed by atoms with van der Waals surface area (Å²) in [6, 6.07) is 28.2. The number of aromatic nitrogens is 4. The van der Waals surface area contributed by atoms with E-state index in [1.165, 1.54) is 22.3 Å². The lowest BCUT2D eigenvalue weighted by molar-refractivity contribution is -0.633. The van der Waals surface area contributed by atoms with Gasteiger partial charge in [0.25, 0.3) is 5.82 Å². The highest BCUT2D eigenvalue weighted by Gasteiger charge is 2.33. The van der Waals surface area contributed by atoms with Crippen LogP contribution in [0.3, 0.4) is 0 Å². The molecule has 6 nitrogen and oxygen atoms in total. The van der Waals surface area contributed by atoms with Crippen molar-refractivity contribution in [1.29, 1.82) is 0 Å². The molecule has 8 aromatic rings. The monoisotopic (exact) mass is 619 g/mol. The molecule has 47 heavy (non-hydrogen) atoms. The largest absolute Gasteiger partial charge is 0.453 e. The van der Waals surface area contributed by atoms with E-state index in [0.29, 0.717) is 23.4 Å². The molecule has 0 unspecified atom stereocenters. The molecule has 0 amide bonds. The minimum atomic E-state index is 0.342. The van der Waals surface area contributed by atoms with E-state index in [1.54, 1.807) is 0 Å². The van der Waals surface area contributed by atoms with Gasteiger partial charge in [-0.1, -0.05) is 82.3 Å². The normalized spacial score (nSPS) is 12.2. The minimum Gasteiger partial charge on any atom is -0.453 e. The van der Waals surface area contributed by atoms with Crippen molar-refractivity contribution in [3.8, 4) is 28.7 Å². The first kappa shape index (κ1) is 29.2. The molecular formula is C41H39N4O2+. The molecule has 0 radical (unpaired) electrons. The summed E-state index contributed by atoms with van der Waals surface area (Å²) < 4.78 is 17.8. The van der Waals surface area contributed by atoms with E-state index in [4.69, 9.17) is 13.8 Å². The van der Waals surface area contributed by atoms with Gasteiger partial charge in [-0.25, -0.2) is 14.5 Å². The van der Waals surface area contributed by atoms with Crippen LogP contribution >= 0.6 is 0 Å². The van der Waals surface area contributed by atoms with Crippen LogP contribution in [0.25, 0.3) is 72.5 Å². The van der Waals surface area contributed by atoms with Crippen molar-refractivity contribution in [2.45, 2.75) is 60.3 Å². The predicted molar refractivity (Wildman–Crippen MR) is 190 cm³/mol. The van der Waals surface area contributed by atoms with Gasteiger partial charge in [0.15, 0.2) is 22.2 Å². The maximum absolute atomic E-state index is 7.01. The molecule has 8 rings (SSSR count). The molecule has 0 saturated heterocycles. The number of nitrogens with zero attached hydrogens (tertiary/aromatic N) is 4. The highest BCUT2D eigenvalue weighted by atomic mass is 16.4. The second-order valence-electron chi connectivity index (χ2n) is 13.4. The van der Waals surface area contributed by atoms with Crippen LogP contribution in [0.2, 0.25) is 0 Å². The Morgan fingerprint density at radius 3 is 2.09 bits per heavy atom. The van der Waals surface area contributed by atoms with Crippen molar-refractivity contribution in [3.05, 3.63) is 107 Å². The van der Waals surface area contributed by atoms with Crippen molar-refractivity contribution in [2.75, 3.05) is 0 Å². The van der Waals surface area contributed by atoms with E-state index in [0.717, 1.165) is 66.8 Å². The second kappa shape index (κ2) is 10.7. The maximum Gasteiger partial charge on any atom is 0.299 e. The number of oxazole rings is 1. The van der Waals surface area contributed by atoms with Gasteiger partial charge in [0.05, 0.1) is 12.7 Å². The van der Waals surface area contributed by atoms with Crippen molar-refractivity contribution in [2.24, 2.45) is 7.05 Å². The topological polar surface area (TPSA) is 60.9 Å². The van der Waals surface area contributed by atoms with E-state index in [1.807, 2.05) is 19.9 Å². The number of pyridine rings is 1. The van der Waals surface area contributed by atoms with Crippen molar-refractivity contribution in [1.82, 2.24) is 14.5 Å². The number of aryl methyl sites for hydroxylation is 4. The summed E-state index contributed by atoms with van der Waals surface area (Å²) in [4.78, 5) is 9.69. The lowest BCUT2D eigenvalue weighted by atomic mass is 9.92. The molecule has 0 N–H and O–H groups in total. The number of fused-ring (bicyclic) bond motifs is 6. The summed E-state index contributed by atoms with van der Waals surface area (Å²) in [5.74, 6) is 3.09. The van der Waals surface area contributed by atoms with Gasteiger partial charge in [0.1, 0.15) is 28.2 Å². The molecule has 0 aliphatic rings. The van der Waals surface area contributed by atoms with Gasteiger partial charge in [-0.2, -0.15) is 4.57 Å². The molecule has 0 fully saturated rings. The first-order valence-corrected chi connectivity index (χ1v) is 16.5. The number of hydrogen-bond donors (Lipinski definition) is 0. The highest BCUT2D eigenvalue weighted by Crippen LogP contribution is 2.43. The molecule has 4 heterocycles.